The van der Waals surface area contributed by atoms with Gasteiger partial charge in [-0.25, -0.2) is 0 Å². The average Bonchev–Trinajstić information content (AvgIpc) is 2.14. The highest BCUT2D eigenvalue weighted by molar-refractivity contribution is 9.10. The van der Waals surface area contributed by atoms with Crippen LogP contribution in [0.1, 0.15) is 24.8 Å². The summed E-state index contributed by atoms with van der Waals surface area (Å²) in [6.07, 6.45) is 0.611. The highest BCUT2D eigenvalue weighted by Gasteiger charge is 2.25. The molecular formula is C11H12BrNO. The third-order valence-electron chi connectivity index (χ3n) is 2.74. The molecule has 1 unspecified atom stereocenters. The fourth-order valence-corrected chi connectivity index (χ4v) is 2.25. The van der Waals surface area contributed by atoms with Gasteiger partial charge >= 0.3 is 0 Å². The van der Waals surface area contributed by atoms with Gasteiger partial charge in [0.05, 0.1) is 0 Å². The Bertz CT molecular complexity index is 389. The van der Waals surface area contributed by atoms with E-state index < -0.39 is 0 Å². The van der Waals surface area contributed by atoms with Crippen LogP contribution in [0.2, 0.25) is 0 Å². The zero-order valence-electron chi connectivity index (χ0n) is 8.25. The Morgan fingerprint density at radius 2 is 2.21 bits per heavy atom. The molecule has 1 aromatic rings. The van der Waals surface area contributed by atoms with Crippen molar-refractivity contribution >= 4 is 27.5 Å². The lowest BCUT2D eigenvalue weighted by Gasteiger charge is -2.29. The van der Waals surface area contributed by atoms with E-state index in [2.05, 4.69) is 28.9 Å². The van der Waals surface area contributed by atoms with Crippen molar-refractivity contribution in [2.24, 2.45) is 0 Å². The van der Waals surface area contributed by atoms with Gasteiger partial charge in [0, 0.05) is 23.6 Å². The highest BCUT2D eigenvalue weighted by atomic mass is 79.9. The maximum Gasteiger partial charge on any atom is 0.227 e. The van der Waals surface area contributed by atoms with E-state index in [9.17, 15) is 4.79 Å². The minimum Gasteiger partial charge on any atom is -0.315 e. The van der Waals surface area contributed by atoms with E-state index >= 15 is 0 Å². The van der Waals surface area contributed by atoms with E-state index in [-0.39, 0.29) is 5.91 Å². The molecule has 74 valence electrons. The number of halogens is 1. The summed E-state index contributed by atoms with van der Waals surface area (Å²) in [7, 11) is 1.83. The van der Waals surface area contributed by atoms with E-state index in [4.69, 9.17) is 0 Å². The normalized spacial score (nSPS) is 20.9. The number of hydrogen-bond acceptors (Lipinski definition) is 1. The zero-order valence-corrected chi connectivity index (χ0v) is 9.84. The number of benzene rings is 1. The van der Waals surface area contributed by atoms with Crippen molar-refractivity contribution in [2.75, 3.05) is 11.9 Å². The first kappa shape index (κ1) is 9.71. The molecule has 0 saturated carbocycles. The summed E-state index contributed by atoms with van der Waals surface area (Å²) in [6.45, 7) is 2.09. The van der Waals surface area contributed by atoms with Gasteiger partial charge in [0.2, 0.25) is 5.91 Å². The molecule has 3 heteroatoms. The van der Waals surface area contributed by atoms with Gasteiger partial charge in [0.15, 0.2) is 0 Å². The van der Waals surface area contributed by atoms with Crippen LogP contribution < -0.4 is 4.90 Å². The molecule has 0 N–H and O–H groups in total. The fraction of sp³-hybridized carbons (Fsp3) is 0.364. The minimum absolute atomic E-state index is 0.201. The third kappa shape index (κ3) is 1.46. The van der Waals surface area contributed by atoms with Crippen molar-refractivity contribution in [3.05, 3.63) is 28.2 Å². The summed E-state index contributed by atoms with van der Waals surface area (Å²) >= 11 is 3.45. The lowest BCUT2D eigenvalue weighted by Crippen LogP contribution is -2.32. The van der Waals surface area contributed by atoms with Gasteiger partial charge in [-0.3, -0.25) is 4.79 Å². The van der Waals surface area contributed by atoms with Gasteiger partial charge in [0.1, 0.15) is 0 Å². The predicted octanol–water partition coefficient (Wildman–Crippen LogP) is 2.92. The van der Waals surface area contributed by atoms with Gasteiger partial charge in [-0.2, -0.15) is 0 Å². The van der Waals surface area contributed by atoms with Crippen LogP contribution in [0, 0.1) is 0 Å². The second-order valence-corrected chi connectivity index (χ2v) is 4.68. The SMILES string of the molecule is CC1CC(=O)N(C)c2ccc(Br)cc21. The van der Waals surface area contributed by atoms with E-state index in [0.29, 0.717) is 12.3 Å². The van der Waals surface area contributed by atoms with Crippen molar-refractivity contribution in [3.63, 3.8) is 0 Å². The number of rotatable bonds is 0. The van der Waals surface area contributed by atoms with E-state index in [0.717, 1.165) is 10.2 Å². The van der Waals surface area contributed by atoms with E-state index in [1.54, 1.807) is 4.90 Å². The molecule has 2 rings (SSSR count). The largest absolute Gasteiger partial charge is 0.315 e. The molecule has 2 nitrogen and oxygen atoms in total. The molecular weight excluding hydrogens is 242 g/mol. The molecule has 0 saturated heterocycles. The Kier molecular flexibility index (Phi) is 2.35. The van der Waals surface area contributed by atoms with Crippen LogP contribution in [0.3, 0.4) is 0 Å². The van der Waals surface area contributed by atoms with Crippen molar-refractivity contribution < 1.29 is 4.79 Å². The Morgan fingerprint density at radius 3 is 2.93 bits per heavy atom. The molecule has 1 aromatic carbocycles. The molecule has 0 aromatic heterocycles. The summed E-state index contributed by atoms with van der Waals surface area (Å²) in [6, 6.07) is 6.07. The molecule has 0 aliphatic carbocycles. The van der Waals surface area contributed by atoms with Crippen LogP contribution >= 0.6 is 15.9 Å². The van der Waals surface area contributed by atoms with Gasteiger partial charge in [-0.1, -0.05) is 22.9 Å². The lowest BCUT2D eigenvalue weighted by atomic mass is 9.91. The number of fused-ring (bicyclic) bond motifs is 1. The molecule has 0 spiro atoms. The molecule has 1 amide bonds. The van der Waals surface area contributed by atoms with Gasteiger partial charge in [-0.05, 0) is 29.7 Å². The van der Waals surface area contributed by atoms with Crippen LogP contribution in [-0.4, -0.2) is 13.0 Å². The smallest absolute Gasteiger partial charge is 0.227 e. The number of nitrogens with zero attached hydrogens (tertiary/aromatic N) is 1. The number of carbonyl (C=O) groups excluding carboxylic acids is 1. The molecule has 0 fully saturated rings. The maximum absolute atomic E-state index is 11.6. The Labute approximate surface area is 92.0 Å². The first-order valence-electron chi connectivity index (χ1n) is 4.65. The first-order chi connectivity index (χ1) is 6.59. The van der Waals surface area contributed by atoms with E-state index in [1.807, 2.05) is 19.2 Å². The Hall–Kier alpha value is -0.830. The zero-order chi connectivity index (χ0) is 10.3. The molecule has 1 aliphatic heterocycles. The number of amides is 1. The van der Waals surface area contributed by atoms with Crippen LogP contribution in [0.25, 0.3) is 0 Å². The van der Waals surface area contributed by atoms with Crippen molar-refractivity contribution in [2.45, 2.75) is 19.3 Å². The predicted molar refractivity (Wildman–Crippen MR) is 60.6 cm³/mol. The number of carbonyl (C=O) groups is 1. The van der Waals surface area contributed by atoms with Crippen molar-refractivity contribution in [1.29, 1.82) is 0 Å². The van der Waals surface area contributed by atoms with Gasteiger partial charge in [-0.15, -0.1) is 0 Å². The lowest BCUT2D eigenvalue weighted by molar-refractivity contribution is -0.119. The topological polar surface area (TPSA) is 20.3 Å². The molecule has 1 atom stereocenters. The summed E-state index contributed by atoms with van der Waals surface area (Å²) in [5.74, 6) is 0.526. The Morgan fingerprint density at radius 1 is 1.50 bits per heavy atom. The van der Waals surface area contributed by atoms with Crippen LogP contribution in [0.4, 0.5) is 5.69 Å². The van der Waals surface area contributed by atoms with Crippen LogP contribution in [0.15, 0.2) is 22.7 Å². The fourth-order valence-electron chi connectivity index (χ4n) is 1.87. The van der Waals surface area contributed by atoms with E-state index in [1.165, 1.54) is 5.56 Å². The van der Waals surface area contributed by atoms with Crippen molar-refractivity contribution in [3.8, 4) is 0 Å². The first-order valence-corrected chi connectivity index (χ1v) is 5.45. The quantitative estimate of drug-likeness (QED) is 0.697. The minimum atomic E-state index is 0.201. The Balaban J connectivity index is 2.55. The highest BCUT2D eigenvalue weighted by Crippen LogP contribution is 2.36. The molecule has 14 heavy (non-hydrogen) atoms. The van der Waals surface area contributed by atoms with Gasteiger partial charge < -0.3 is 4.90 Å². The molecule has 0 radical (unpaired) electrons. The summed E-state index contributed by atoms with van der Waals surface area (Å²) in [5.41, 5.74) is 2.29. The summed E-state index contributed by atoms with van der Waals surface area (Å²) in [5, 5.41) is 0. The standard InChI is InChI=1S/C11H12BrNO/c1-7-5-11(14)13(2)10-4-3-8(12)6-9(7)10/h3-4,6-7H,5H2,1-2H3. The second-order valence-electron chi connectivity index (χ2n) is 3.76. The number of hydrogen-bond donors (Lipinski definition) is 0. The molecule has 0 bridgehead atoms. The molecule has 1 heterocycles. The third-order valence-corrected chi connectivity index (χ3v) is 3.23. The monoisotopic (exact) mass is 253 g/mol. The van der Waals surface area contributed by atoms with Gasteiger partial charge in [0.25, 0.3) is 0 Å². The summed E-state index contributed by atoms with van der Waals surface area (Å²) < 4.78 is 1.07. The maximum atomic E-state index is 11.6. The number of anilines is 1. The van der Waals surface area contributed by atoms with Crippen molar-refractivity contribution in [1.82, 2.24) is 0 Å². The van der Waals surface area contributed by atoms with Crippen LogP contribution in [0.5, 0.6) is 0 Å². The second kappa shape index (κ2) is 3.39. The summed E-state index contributed by atoms with van der Waals surface area (Å²) in [4.78, 5) is 13.3. The average molecular weight is 254 g/mol. The molecule has 1 aliphatic rings. The van der Waals surface area contributed by atoms with Crippen LogP contribution in [-0.2, 0) is 4.79 Å².